The van der Waals surface area contributed by atoms with Crippen LogP contribution in [0.3, 0.4) is 0 Å². The molecule has 0 heterocycles. The molecule has 0 atom stereocenters. The van der Waals surface area contributed by atoms with E-state index in [2.05, 4.69) is 132 Å². The van der Waals surface area contributed by atoms with Crippen LogP contribution in [0.25, 0.3) is 0 Å². The molecule has 0 radical (unpaired) electrons. The van der Waals surface area contributed by atoms with Crippen LogP contribution in [0.4, 0.5) is 11.4 Å². The quantitative estimate of drug-likeness (QED) is 0.171. The second-order valence-corrected chi connectivity index (χ2v) is 25.8. The van der Waals surface area contributed by atoms with Crippen LogP contribution in [0, 0.1) is 0 Å². The van der Waals surface area contributed by atoms with Gasteiger partial charge in [0.15, 0.2) is 0 Å². The van der Waals surface area contributed by atoms with Crippen LogP contribution < -0.4 is 10.4 Å². The molecule has 0 amide bonds. The summed E-state index contributed by atoms with van der Waals surface area (Å²) in [6.45, 7) is 29.0. The van der Waals surface area contributed by atoms with Crippen molar-refractivity contribution in [1.82, 2.24) is 0 Å². The maximum absolute atomic E-state index is 5.00. The third kappa shape index (κ3) is 7.98. The van der Waals surface area contributed by atoms with Crippen LogP contribution in [-0.2, 0) is 12.7 Å². The monoisotopic (exact) mass is 648 g/mol. The van der Waals surface area contributed by atoms with E-state index in [9.17, 15) is 0 Å². The zero-order valence-electron chi connectivity index (χ0n) is 26.2. The van der Waals surface area contributed by atoms with Gasteiger partial charge in [-0.3, -0.25) is 9.98 Å². The SMILES string of the molecule is CC(C)[Si](c1ccccc1N=CC=Nc1ccccc1[Si](C(C)C)(C(C)C)C(C)C)(C(C)C)C(C)C.[Cl][Ni][Cl]. The van der Waals surface area contributed by atoms with E-state index < -0.39 is 16.1 Å². The molecule has 0 N–H and O–H groups in total. The molecule has 0 fully saturated rings. The summed E-state index contributed by atoms with van der Waals surface area (Å²) < 4.78 is 0. The molecule has 0 unspecified atom stereocenters. The molecule has 0 saturated carbocycles. The minimum atomic E-state index is -1.80. The molecule has 0 saturated heterocycles. The van der Waals surface area contributed by atoms with Gasteiger partial charge in [-0.15, -0.1) is 0 Å². The Morgan fingerprint density at radius 1 is 0.513 bits per heavy atom. The van der Waals surface area contributed by atoms with E-state index in [0.717, 1.165) is 11.4 Å². The first-order valence-electron chi connectivity index (χ1n) is 14.4. The van der Waals surface area contributed by atoms with Gasteiger partial charge in [0.05, 0.1) is 27.5 Å². The van der Waals surface area contributed by atoms with Gasteiger partial charge in [0.1, 0.15) is 0 Å². The van der Waals surface area contributed by atoms with Gasteiger partial charge in [-0.05, 0) is 55.8 Å². The van der Waals surface area contributed by atoms with Crippen LogP contribution in [0.1, 0.15) is 83.1 Å². The summed E-state index contributed by atoms with van der Waals surface area (Å²) in [5, 5.41) is 2.97. The summed E-state index contributed by atoms with van der Waals surface area (Å²) in [5.74, 6) is 0. The third-order valence-electron chi connectivity index (χ3n) is 8.97. The predicted molar refractivity (Wildman–Crippen MR) is 182 cm³/mol. The van der Waals surface area contributed by atoms with E-state index in [4.69, 9.17) is 30.4 Å². The summed E-state index contributed by atoms with van der Waals surface area (Å²) in [6, 6.07) is 17.7. The summed E-state index contributed by atoms with van der Waals surface area (Å²) in [7, 11) is 5.81. The van der Waals surface area contributed by atoms with Gasteiger partial charge in [0.25, 0.3) is 0 Å². The summed E-state index contributed by atoms with van der Waals surface area (Å²) in [4.78, 5) is 10.0. The Kier molecular flexibility index (Phi) is 15.5. The van der Waals surface area contributed by atoms with Crippen molar-refractivity contribution >= 4 is 70.7 Å². The molecule has 222 valence electrons. The normalized spacial score (nSPS) is 13.2. The molecular formula is C32H52Cl2N2NiSi2. The topological polar surface area (TPSA) is 24.7 Å². The Morgan fingerprint density at radius 3 is 0.974 bits per heavy atom. The van der Waals surface area contributed by atoms with Crippen LogP contribution in [0.5, 0.6) is 0 Å². The van der Waals surface area contributed by atoms with Crippen molar-refractivity contribution in [1.29, 1.82) is 0 Å². The van der Waals surface area contributed by atoms with Crippen molar-refractivity contribution in [3.63, 3.8) is 0 Å². The van der Waals surface area contributed by atoms with E-state index in [1.54, 1.807) is 0 Å². The Labute approximate surface area is 256 Å². The van der Waals surface area contributed by atoms with Crippen molar-refractivity contribution in [2.24, 2.45) is 9.98 Å². The first-order valence-corrected chi connectivity index (χ1v) is 21.5. The van der Waals surface area contributed by atoms with Crippen LogP contribution in [-0.4, -0.2) is 28.6 Å². The van der Waals surface area contributed by atoms with E-state index in [-0.39, 0.29) is 0 Å². The zero-order chi connectivity index (χ0) is 30.0. The molecule has 0 bridgehead atoms. The molecule has 39 heavy (non-hydrogen) atoms. The molecule has 2 nitrogen and oxygen atoms in total. The van der Waals surface area contributed by atoms with Gasteiger partial charge in [-0.25, -0.2) is 0 Å². The van der Waals surface area contributed by atoms with Crippen molar-refractivity contribution in [2.75, 3.05) is 0 Å². The number of aliphatic imine (C=N–C) groups is 2. The maximum atomic E-state index is 5.00. The van der Waals surface area contributed by atoms with Gasteiger partial charge in [-0.2, -0.15) is 0 Å². The summed E-state index contributed by atoms with van der Waals surface area (Å²) >= 11 is 0.569. The summed E-state index contributed by atoms with van der Waals surface area (Å²) in [6.07, 6.45) is 3.83. The fraction of sp³-hybridized carbons (Fsp3) is 0.562. The van der Waals surface area contributed by atoms with Gasteiger partial charge in [0.2, 0.25) is 0 Å². The molecule has 7 heteroatoms. The van der Waals surface area contributed by atoms with Crippen molar-refractivity contribution in [3.8, 4) is 0 Å². The van der Waals surface area contributed by atoms with Gasteiger partial charge in [-0.1, -0.05) is 119 Å². The Hall–Kier alpha value is -0.713. The first kappa shape index (κ1) is 36.3. The number of rotatable bonds is 11. The average molecular weight is 651 g/mol. The van der Waals surface area contributed by atoms with Gasteiger partial charge < -0.3 is 0 Å². The van der Waals surface area contributed by atoms with Crippen molar-refractivity contribution in [2.45, 2.75) is 116 Å². The van der Waals surface area contributed by atoms with Crippen molar-refractivity contribution in [3.05, 3.63) is 48.5 Å². The van der Waals surface area contributed by atoms with Crippen LogP contribution in [0.15, 0.2) is 58.5 Å². The van der Waals surface area contributed by atoms with E-state index in [0.29, 0.717) is 45.9 Å². The number of benzene rings is 2. The molecular weight excluding hydrogens is 598 g/mol. The first-order chi connectivity index (χ1) is 18.3. The molecule has 0 aliphatic heterocycles. The molecule has 0 aromatic heterocycles. The molecule has 0 aliphatic carbocycles. The van der Waals surface area contributed by atoms with Gasteiger partial charge >= 0.3 is 33.0 Å². The number of halogens is 2. The fourth-order valence-electron chi connectivity index (χ4n) is 8.00. The molecule has 2 rings (SSSR count). The third-order valence-corrected chi connectivity index (χ3v) is 23.1. The Balaban J connectivity index is 0.00000242. The van der Waals surface area contributed by atoms with E-state index >= 15 is 0 Å². The zero-order valence-corrected chi connectivity index (χ0v) is 30.7. The number of para-hydroxylation sites is 2. The molecule has 2 aromatic rings. The number of nitrogens with zero attached hydrogens (tertiary/aromatic N) is 2. The van der Waals surface area contributed by atoms with Crippen molar-refractivity contribution < 1.29 is 12.7 Å². The van der Waals surface area contributed by atoms with Gasteiger partial charge in [0, 0.05) is 12.4 Å². The summed E-state index contributed by atoms with van der Waals surface area (Å²) in [5.41, 5.74) is 6.13. The number of hydrogen-bond acceptors (Lipinski definition) is 2. The van der Waals surface area contributed by atoms with E-state index in [1.807, 2.05) is 12.4 Å². The minimum absolute atomic E-state index is 0.569. The Bertz CT molecular complexity index is 939. The standard InChI is InChI=1S/C32H52N2Si2.2ClH.Ni/c1-23(2)35(24(3)4,25(5)6)31-19-15-13-17-29(31)33-21-22-34-30-18-14-16-20-32(30)36(26(7)8,27(9)10)28(11)12;;;/h13-28H,1-12H3;2*1H;/q;;;+2/p-2. The molecule has 0 spiro atoms. The van der Waals surface area contributed by atoms with Crippen LogP contribution >= 0.6 is 20.4 Å². The fourth-order valence-corrected chi connectivity index (χ4v) is 21.7. The Morgan fingerprint density at radius 2 is 0.744 bits per heavy atom. The average Bonchev–Trinajstić information content (AvgIpc) is 2.83. The number of hydrogen-bond donors (Lipinski definition) is 0. The molecule has 2 aromatic carbocycles. The predicted octanol–water partition coefficient (Wildman–Crippen LogP) is 10.9. The molecule has 0 aliphatic rings. The second kappa shape index (κ2) is 16.7. The van der Waals surface area contributed by atoms with Crippen LogP contribution in [0.2, 0.25) is 33.2 Å². The van der Waals surface area contributed by atoms with E-state index in [1.165, 1.54) is 10.4 Å². The second-order valence-electron chi connectivity index (χ2n) is 12.4.